The predicted molar refractivity (Wildman–Crippen MR) is 61.7 cm³/mol. The normalized spacial score (nSPS) is 11.7. The van der Waals surface area contributed by atoms with Crippen LogP contribution in [0.4, 0.5) is 0 Å². The second kappa shape index (κ2) is 7.26. The monoisotopic (exact) mass is 209 g/mol. The third-order valence-corrected chi connectivity index (χ3v) is 1.82. The Labute approximate surface area is 91.1 Å². The van der Waals surface area contributed by atoms with Crippen molar-refractivity contribution >= 4 is 6.08 Å². The highest BCUT2D eigenvalue weighted by atomic mass is 16.5. The molecule has 1 N–H and O–H groups in total. The lowest BCUT2D eigenvalue weighted by molar-refractivity contribution is 0.0813. The minimum Gasteiger partial charge on any atom is -0.465 e. The first-order valence-electron chi connectivity index (χ1n) is 5.31. The Hall–Kier alpha value is -1.06. The Bertz CT molecular complexity index is 265. The van der Waals surface area contributed by atoms with Gasteiger partial charge in [0.15, 0.2) is 0 Å². The van der Waals surface area contributed by atoms with E-state index in [4.69, 9.17) is 9.15 Å². The Balaban J connectivity index is 1.97. The lowest BCUT2D eigenvalue weighted by Gasteiger charge is -2.06. The summed E-state index contributed by atoms with van der Waals surface area (Å²) in [5.74, 6) is 0.884. The van der Waals surface area contributed by atoms with Crippen molar-refractivity contribution in [3.63, 3.8) is 0 Å². The molecule has 1 aromatic heterocycles. The van der Waals surface area contributed by atoms with E-state index in [0.717, 1.165) is 25.5 Å². The molecule has 0 spiro atoms. The maximum absolute atomic E-state index is 5.39. The number of furan rings is 1. The first kappa shape index (κ1) is 12.0. The largest absolute Gasteiger partial charge is 0.465 e. The van der Waals surface area contributed by atoms with Gasteiger partial charge in [-0.2, -0.15) is 0 Å². The van der Waals surface area contributed by atoms with Crippen LogP contribution in [-0.4, -0.2) is 25.8 Å². The summed E-state index contributed by atoms with van der Waals surface area (Å²) in [5.41, 5.74) is 0. The van der Waals surface area contributed by atoms with Crippen LogP contribution in [0.3, 0.4) is 0 Å². The van der Waals surface area contributed by atoms with Crippen LogP contribution in [0.15, 0.2) is 28.9 Å². The van der Waals surface area contributed by atoms with Gasteiger partial charge in [0.1, 0.15) is 5.76 Å². The molecule has 0 amide bonds. The van der Waals surface area contributed by atoms with Crippen LogP contribution in [-0.2, 0) is 4.74 Å². The molecular weight excluding hydrogens is 190 g/mol. The van der Waals surface area contributed by atoms with E-state index in [0.29, 0.717) is 6.10 Å². The maximum atomic E-state index is 5.39. The summed E-state index contributed by atoms with van der Waals surface area (Å²) in [6.45, 7) is 6.54. The van der Waals surface area contributed by atoms with Gasteiger partial charge in [-0.05, 0) is 32.1 Å². The molecule has 84 valence electrons. The van der Waals surface area contributed by atoms with Gasteiger partial charge >= 0.3 is 0 Å². The van der Waals surface area contributed by atoms with Crippen LogP contribution < -0.4 is 5.32 Å². The highest BCUT2D eigenvalue weighted by molar-refractivity contribution is 5.42. The summed E-state index contributed by atoms with van der Waals surface area (Å²) >= 11 is 0. The standard InChI is InChI=1S/C12H19NO2/c1-11(2)14-10-8-13-7-3-5-12-6-4-9-15-12/h3-6,9,11,13H,7-8,10H2,1-2H3/b5-3+. The van der Waals surface area contributed by atoms with E-state index in [-0.39, 0.29) is 0 Å². The van der Waals surface area contributed by atoms with Crippen molar-refractivity contribution in [3.05, 3.63) is 30.2 Å². The highest BCUT2D eigenvalue weighted by Gasteiger charge is 1.91. The molecule has 0 bridgehead atoms. The Morgan fingerprint density at radius 1 is 1.53 bits per heavy atom. The van der Waals surface area contributed by atoms with Gasteiger partial charge in [-0.3, -0.25) is 0 Å². The molecule has 1 rings (SSSR count). The van der Waals surface area contributed by atoms with Crippen molar-refractivity contribution in [2.75, 3.05) is 19.7 Å². The summed E-state index contributed by atoms with van der Waals surface area (Å²) in [6, 6.07) is 3.81. The summed E-state index contributed by atoms with van der Waals surface area (Å²) in [7, 11) is 0. The summed E-state index contributed by atoms with van der Waals surface area (Å²) in [6.07, 6.45) is 5.97. The van der Waals surface area contributed by atoms with Gasteiger partial charge in [0.2, 0.25) is 0 Å². The van der Waals surface area contributed by atoms with Crippen LogP contribution in [0.2, 0.25) is 0 Å². The van der Waals surface area contributed by atoms with Crippen molar-refractivity contribution in [1.29, 1.82) is 0 Å². The fraction of sp³-hybridized carbons (Fsp3) is 0.500. The molecule has 0 radical (unpaired) electrons. The minimum atomic E-state index is 0.311. The third kappa shape index (κ3) is 6.10. The zero-order valence-corrected chi connectivity index (χ0v) is 9.40. The first-order valence-corrected chi connectivity index (χ1v) is 5.31. The van der Waals surface area contributed by atoms with Gasteiger partial charge in [0, 0.05) is 13.1 Å². The molecule has 0 saturated heterocycles. The van der Waals surface area contributed by atoms with Crippen molar-refractivity contribution in [2.24, 2.45) is 0 Å². The Morgan fingerprint density at radius 3 is 3.07 bits per heavy atom. The summed E-state index contributed by atoms with van der Waals surface area (Å²) in [5, 5.41) is 3.25. The van der Waals surface area contributed by atoms with Gasteiger partial charge in [-0.25, -0.2) is 0 Å². The number of nitrogens with one attached hydrogen (secondary N) is 1. The molecule has 1 heterocycles. The van der Waals surface area contributed by atoms with Crippen molar-refractivity contribution in [1.82, 2.24) is 5.32 Å². The van der Waals surface area contributed by atoms with E-state index < -0.39 is 0 Å². The fourth-order valence-electron chi connectivity index (χ4n) is 1.11. The average molecular weight is 209 g/mol. The smallest absolute Gasteiger partial charge is 0.126 e. The van der Waals surface area contributed by atoms with E-state index in [1.807, 2.05) is 38.1 Å². The second-order valence-corrected chi connectivity index (χ2v) is 3.54. The fourth-order valence-corrected chi connectivity index (χ4v) is 1.11. The van der Waals surface area contributed by atoms with Crippen molar-refractivity contribution in [3.8, 4) is 0 Å². The predicted octanol–water partition coefficient (Wildman–Crippen LogP) is 2.31. The third-order valence-electron chi connectivity index (χ3n) is 1.82. The van der Waals surface area contributed by atoms with E-state index in [1.165, 1.54) is 0 Å². The lowest BCUT2D eigenvalue weighted by Crippen LogP contribution is -2.21. The summed E-state index contributed by atoms with van der Waals surface area (Å²) < 4.78 is 10.5. The van der Waals surface area contributed by atoms with Crippen LogP contribution in [0.25, 0.3) is 6.08 Å². The molecule has 3 nitrogen and oxygen atoms in total. The molecule has 0 aromatic carbocycles. The summed E-state index contributed by atoms with van der Waals surface area (Å²) in [4.78, 5) is 0. The Kier molecular flexibility index (Phi) is 5.81. The van der Waals surface area contributed by atoms with Gasteiger partial charge in [0.05, 0.1) is 19.0 Å². The number of hydrogen-bond acceptors (Lipinski definition) is 3. The molecular formula is C12H19NO2. The molecule has 15 heavy (non-hydrogen) atoms. The molecule has 0 unspecified atom stereocenters. The Morgan fingerprint density at radius 2 is 2.40 bits per heavy atom. The first-order chi connectivity index (χ1) is 7.29. The zero-order valence-electron chi connectivity index (χ0n) is 9.40. The minimum absolute atomic E-state index is 0.311. The van der Waals surface area contributed by atoms with E-state index in [1.54, 1.807) is 6.26 Å². The molecule has 0 aliphatic carbocycles. The molecule has 3 heteroatoms. The number of hydrogen-bond donors (Lipinski definition) is 1. The van der Waals surface area contributed by atoms with Gasteiger partial charge in [-0.1, -0.05) is 6.08 Å². The maximum Gasteiger partial charge on any atom is 0.126 e. The van der Waals surface area contributed by atoms with Crippen molar-refractivity contribution < 1.29 is 9.15 Å². The molecule has 0 fully saturated rings. The van der Waals surface area contributed by atoms with Crippen molar-refractivity contribution in [2.45, 2.75) is 20.0 Å². The SMILES string of the molecule is CC(C)OCCNC/C=C/c1ccco1. The van der Waals surface area contributed by atoms with Gasteiger partial charge in [-0.15, -0.1) is 0 Å². The number of rotatable bonds is 7. The molecule has 1 aromatic rings. The van der Waals surface area contributed by atoms with Gasteiger partial charge in [0.25, 0.3) is 0 Å². The van der Waals surface area contributed by atoms with Crippen LogP contribution >= 0.6 is 0 Å². The molecule has 0 atom stereocenters. The average Bonchev–Trinajstić information content (AvgIpc) is 2.68. The lowest BCUT2D eigenvalue weighted by atomic mass is 10.4. The quantitative estimate of drug-likeness (QED) is 0.700. The second-order valence-electron chi connectivity index (χ2n) is 3.54. The topological polar surface area (TPSA) is 34.4 Å². The van der Waals surface area contributed by atoms with Crippen LogP contribution in [0.5, 0.6) is 0 Å². The van der Waals surface area contributed by atoms with Crippen LogP contribution in [0.1, 0.15) is 19.6 Å². The van der Waals surface area contributed by atoms with Gasteiger partial charge < -0.3 is 14.5 Å². The molecule has 0 aliphatic heterocycles. The van der Waals surface area contributed by atoms with E-state index >= 15 is 0 Å². The highest BCUT2D eigenvalue weighted by Crippen LogP contribution is 2.01. The number of ether oxygens (including phenoxy) is 1. The van der Waals surface area contributed by atoms with E-state index in [9.17, 15) is 0 Å². The molecule has 0 saturated carbocycles. The van der Waals surface area contributed by atoms with Crippen LogP contribution in [0, 0.1) is 0 Å². The van der Waals surface area contributed by atoms with E-state index in [2.05, 4.69) is 5.32 Å². The zero-order chi connectivity index (χ0) is 10.9. The molecule has 0 aliphatic rings.